The van der Waals surface area contributed by atoms with Crippen LogP contribution in [0.15, 0.2) is 174 Å². The van der Waals surface area contributed by atoms with E-state index in [4.69, 9.17) is 19.4 Å². The van der Waals surface area contributed by atoms with Crippen molar-refractivity contribution < 1.29 is 4.42 Å². The van der Waals surface area contributed by atoms with Gasteiger partial charge in [0.05, 0.1) is 43.5 Å². The van der Waals surface area contributed by atoms with E-state index in [1.165, 1.54) is 42.8 Å². The van der Waals surface area contributed by atoms with Gasteiger partial charge in [-0.05, 0) is 59.7 Å². The average Bonchev–Trinajstić information content (AvgIpc) is 4.04. The molecule has 0 N–H and O–H groups in total. The van der Waals surface area contributed by atoms with Gasteiger partial charge in [-0.2, -0.15) is 0 Å². The molecule has 0 bridgehead atoms. The number of para-hydroxylation sites is 4. The van der Waals surface area contributed by atoms with Crippen molar-refractivity contribution in [3.8, 4) is 44.3 Å². The van der Waals surface area contributed by atoms with Gasteiger partial charge in [-0.25, -0.2) is 15.0 Å². The first kappa shape index (κ1) is 30.9. The van der Waals surface area contributed by atoms with Crippen molar-refractivity contribution in [2.75, 3.05) is 0 Å². The van der Waals surface area contributed by atoms with Crippen molar-refractivity contribution in [1.82, 2.24) is 19.4 Å². The smallest absolute Gasteiger partial charge is 0.164 e. The molecule has 5 heterocycles. The molecule has 8 aromatic carbocycles. The summed E-state index contributed by atoms with van der Waals surface area (Å²) < 4.78 is 10.1. The van der Waals surface area contributed by atoms with Gasteiger partial charge in [0.25, 0.3) is 0 Å². The van der Waals surface area contributed by atoms with Gasteiger partial charge < -0.3 is 8.82 Å². The Morgan fingerprint density at radius 2 is 1.18 bits per heavy atom. The molecule has 5 aromatic heterocycles. The fraction of sp³-hybridized carbons (Fsp3) is 0. The predicted molar refractivity (Wildman–Crippen MR) is 236 cm³/mol. The quantitative estimate of drug-likeness (QED) is 0.180. The van der Waals surface area contributed by atoms with Crippen LogP contribution in [-0.2, 0) is 0 Å². The first-order valence-electron chi connectivity index (χ1n) is 19.1. The Morgan fingerprint density at radius 3 is 2.11 bits per heavy atom. The molecule has 5 nitrogen and oxygen atoms in total. The summed E-state index contributed by atoms with van der Waals surface area (Å²) in [5.74, 6) is 0.641. The second-order valence-corrected chi connectivity index (χ2v) is 15.7. The fourth-order valence-corrected chi connectivity index (χ4v) is 10.1. The molecular formula is C51H28N4OS. The monoisotopic (exact) mass is 744 g/mol. The van der Waals surface area contributed by atoms with Gasteiger partial charge in [-0.1, -0.05) is 121 Å². The fourth-order valence-electron chi connectivity index (χ4n) is 9.01. The van der Waals surface area contributed by atoms with Crippen LogP contribution in [0, 0.1) is 0 Å². The molecule has 0 aliphatic carbocycles. The second kappa shape index (κ2) is 11.6. The first-order chi connectivity index (χ1) is 28.2. The van der Waals surface area contributed by atoms with Crippen LogP contribution < -0.4 is 0 Å². The Balaban J connectivity index is 0.999. The van der Waals surface area contributed by atoms with Crippen LogP contribution in [0.5, 0.6) is 0 Å². The summed E-state index contributed by atoms with van der Waals surface area (Å²) >= 11 is 1.78. The summed E-state index contributed by atoms with van der Waals surface area (Å²) in [7, 11) is 0. The van der Waals surface area contributed by atoms with E-state index in [0.717, 1.165) is 76.9 Å². The second-order valence-electron chi connectivity index (χ2n) is 14.7. The van der Waals surface area contributed by atoms with E-state index in [0.29, 0.717) is 5.82 Å². The highest BCUT2D eigenvalue weighted by atomic mass is 32.1. The summed E-state index contributed by atoms with van der Waals surface area (Å²) in [6.07, 6.45) is 0. The van der Waals surface area contributed by atoms with E-state index in [-0.39, 0.29) is 0 Å². The SMILES string of the molecule is c1ccc(-c2nc3cc4c5cc(-c6cccc(-c7nc(-c8cccc9c8oc8ccccc89)nc8ccccc78)c6)ccc5n5c6ccccc6c(c3s2)c45)cc1. The van der Waals surface area contributed by atoms with Gasteiger partial charge in [-0.15, -0.1) is 11.3 Å². The lowest BCUT2D eigenvalue weighted by atomic mass is 9.98. The summed E-state index contributed by atoms with van der Waals surface area (Å²) in [6.45, 7) is 0. The van der Waals surface area contributed by atoms with Crippen molar-refractivity contribution in [3.05, 3.63) is 170 Å². The molecule has 0 amide bonds. The largest absolute Gasteiger partial charge is 0.455 e. The molecule has 6 heteroatoms. The van der Waals surface area contributed by atoms with Gasteiger partial charge in [0.15, 0.2) is 5.82 Å². The summed E-state index contributed by atoms with van der Waals surface area (Å²) in [5.41, 5.74) is 13.5. The number of hydrogen-bond donors (Lipinski definition) is 0. The third-order valence-electron chi connectivity index (χ3n) is 11.6. The van der Waals surface area contributed by atoms with Gasteiger partial charge in [-0.3, -0.25) is 0 Å². The van der Waals surface area contributed by atoms with E-state index < -0.39 is 0 Å². The Labute approximate surface area is 329 Å². The molecule has 0 saturated carbocycles. The Kier molecular flexibility index (Phi) is 6.26. The van der Waals surface area contributed by atoms with Crippen LogP contribution >= 0.6 is 11.3 Å². The number of nitrogens with zero attached hydrogens (tertiary/aromatic N) is 4. The minimum absolute atomic E-state index is 0.641. The molecule has 57 heavy (non-hydrogen) atoms. The number of aromatic nitrogens is 4. The maximum Gasteiger partial charge on any atom is 0.164 e. The van der Waals surface area contributed by atoms with E-state index >= 15 is 0 Å². The number of fused-ring (bicyclic) bond motifs is 12. The Hall–Kier alpha value is -7.41. The molecule has 0 spiro atoms. The summed E-state index contributed by atoms with van der Waals surface area (Å²) in [4.78, 5) is 15.6. The Morgan fingerprint density at radius 1 is 0.456 bits per heavy atom. The third kappa shape index (κ3) is 4.41. The molecule has 13 rings (SSSR count). The van der Waals surface area contributed by atoms with Crippen molar-refractivity contribution in [3.63, 3.8) is 0 Å². The molecule has 0 aliphatic heterocycles. The molecule has 13 aromatic rings. The zero-order valence-electron chi connectivity index (χ0n) is 30.3. The van der Waals surface area contributed by atoms with Crippen molar-refractivity contribution >= 4 is 92.5 Å². The molecule has 0 radical (unpaired) electrons. The Bertz CT molecular complexity index is 3760. The average molecular weight is 745 g/mol. The van der Waals surface area contributed by atoms with Gasteiger partial charge in [0, 0.05) is 48.8 Å². The minimum Gasteiger partial charge on any atom is -0.455 e. The van der Waals surface area contributed by atoms with Crippen molar-refractivity contribution in [1.29, 1.82) is 0 Å². The molecule has 0 atom stereocenters. The number of benzene rings is 8. The number of thiazole rings is 1. The van der Waals surface area contributed by atoms with Crippen molar-refractivity contribution in [2.45, 2.75) is 0 Å². The van der Waals surface area contributed by atoms with E-state index in [9.17, 15) is 0 Å². The number of hydrogen-bond acceptors (Lipinski definition) is 5. The van der Waals surface area contributed by atoms with E-state index in [1.807, 2.05) is 24.3 Å². The number of rotatable bonds is 4. The van der Waals surface area contributed by atoms with Crippen LogP contribution in [0.4, 0.5) is 0 Å². The molecule has 0 saturated heterocycles. The third-order valence-corrected chi connectivity index (χ3v) is 12.7. The highest BCUT2D eigenvalue weighted by Gasteiger charge is 2.23. The van der Waals surface area contributed by atoms with Crippen LogP contribution in [-0.4, -0.2) is 19.4 Å². The lowest BCUT2D eigenvalue weighted by molar-refractivity contribution is 0.669. The highest BCUT2D eigenvalue weighted by Crippen LogP contribution is 2.46. The molecule has 0 fully saturated rings. The topological polar surface area (TPSA) is 56.2 Å². The standard InChI is InChI=1S/C51H28N4OS/c1-2-12-29(13-3-1)51-53-41-28-39-38-27-31(24-25-43(38)55-42-22-8-5-18-36(42)45(47(39)55)49(41)57-51)30-14-10-15-32(26-30)46-35-17-4-7-21-40(35)52-50(54-46)37-20-11-19-34-33-16-6-9-23-44(33)56-48(34)37/h1-28H. The number of furan rings is 1. The first-order valence-corrected chi connectivity index (χ1v) is 19.9. The normalized spacial score (nSPS) is 12.2. The maximum atomic E-state index is 6.43. The highest BCUT2D eigenvalue weighted by molar-refractivity contribution is 7.22. The van der Waals surface area contributed by atoms with Gasteiger partial charge in [0.1, 0.15) is 16.2 Å². The molecule has 264 valence electrons. The van der Waals surface area contributed by atoms with Crippen LogP contribution in [0.25, 0.3) is 125 Å². The van der Waals surface area contributed by atoms with Crippen molar-refractivity contribution in [2.24, 2.45) is 0 Å². The molecule has 0 unspecified atom stereocenters. The van der Waals surface area contributed by atoms with Gasteiger partial charge in [0.2, 0.25) is 0 Å². The predicted octanol–water partition coefficient (Wildman–Crippen LogP) is 14.0. The molecule has 0 aliphatic rings. The van der Waals surface area contributed by atoms with Gasteiger partial charge >= 0.3 is 0 Å². The minimum atomic E-state index is 0.641. The summed E-state index contributed by atoms with van der Waals surface area (Å²) in [5, 5.41) is 9.17. The summed E-state index contributed by atoms with van der Waals surface area (Å²) in [6, 6.07) is 59.9. The van der Waals surface area contributed by atoms with E-state index in [1.54, 1.807) is 11.3 Å². The lowest BCUT2D eigenvalue weighted by Gasteiger charge is -2.11. The zero-order chi connectivity index (χ0) is 37.2. The van der Waals surface area contributed by atoms with Crippen LogP contribution in [0.3, 0.4) is 0 Å². The zero-order valence-corrected chi connectivity index (χ0v) is 31.1. The van der Waals surface area contributed by atoms with Crippen LogP contribution in [0.2, 0.25) is 0 Å². The molecular weight excluding hydrogens is 717 g/mol. The van der Waals surface area contributed by atoms with E-state index in [2.05, 4.69) is 150 Å². The van der Waals surface area contributed by atoms with Crippen LogP contribution in [0.1, 0.15) is 0 Å². The maximum absolute atomic E-state index is 6.43. The lowest BCUT2D eigenvalue weighted by Crippen LogP contribution is -1.95.